The van der Waals surface area contributed by atoms with Gasteiger partial charge in [-0.25, -0.2) is 0 Å². The summed E-state index contributed by atoms with van der Waals surface area (Å²) in [6.45, 7) is 6.76. The Morgan fingerprint density at radius 1 is 1.00 bits per heavy atom. The van der Waals surface area contributed by atoms with Gasteiger partial charge in [-0.05, 0) is 41.7 Å². The van der Waals surface area contributed by atoms with Crippen molar-refractivity contribution in [2.45, 2.75) is 32.1 Å². The Bertz CT molecular complexity index is 792. The molecule has 0 heterocycles. The maximum Gasteiger partial charge on any atom is 0.0216 e. The smallest absolute Gasteiger partial charge is 0.0216 e. The second-order valence-corrected chi connectivity index (χ2v) is 6.62. The van der Waals surface area contributed by atoms with Crippen molar-refractivity contribution < 1.29 is 0 Å². The Hall–Kier alpha value is -2.08. The summed E-state index contributed by atoms with van der Waals surface area (Å²) in [5.74, 6) is 0.437. The standard InChI is InChI=1S/C21H20/c1-14-7-8-16-11-12-21(3,20(16)13-14)19-10-9-17-15(2)5-4-6-18(17)19/h4-13,19H,1-3H3. The van der Waals surface area contributed by atoms with Crippen LogP contribution in [-0.2, 0) is 5.41 Å². The van der Waals surface area contributed by atoms with Crippen molar-refractivity contribution in [3.8, 4) is 0 Å². The van der Waals surface area contributed by atoms with Crippen LogP contribution in [0.25, 0.3) is 12.2 Å². The molecule has 2 aliphatic rings. The van der Waals surface area contributed by atoms with Crippen LogP contribution in [0.2, 0.25) is 0 Å². The lowest BCUT2D eigenvalue weighted by atomic mass is 9.71. The first-order valence-corrected chi connectivity index (χ1v) is 7.68. The van der Waals surface area contributed by atoms with Gasteiger partial charge in [0.15, 0.2) is 0 Å². The van der Waals surface area contributed by atoms with Crippen LogP contribution < -0.4 is 0 Å². The van der Waals surface area contributed by atoms with Crippen LogP contribution in [-0.4, -0.2) is 0 Å². The molecule has 0 saturated heterocycles. The highest BCUT2D eigenvalue weighted by Gasteiger charge is 2.39. The summed E-state index contributed by atoms with van der Waals surface area (Å²) in [4.78, 5) is 0. The first-order valence-electron chi connectivity index (χ1n) is 7.68. The maximum atomic E-state index is 2.39. The quantitative estimate of drug-likeness (QED) is 0.652. The van der Waals surface area contributed by atoms with E-state index in [-0.39, 0.29) is 5.41 Å². The zero-order valence-corrected chi connectivity index (χ0v) is 12.9. The Balaban J connectivity index is 1.88. The molecule has 2 aromatic carbocycles. The molecule has 2 unspecified atom stereocenters. The third kappa shape index (κ3) is 1.68. The Morgan fingerprint density at radius 2 is 1.86 bits per heavy atom. The average molecular weight is 272 g/mol. The first kappa shape index (κ1) is 12.6. The molecule has 0 fully saturated rings. The summed E-state index contributed by atoms with van der Waals surface area (Å²) in [5.41, 5.74) is 8.51. The van der Waals surface area contributed by atoms with Gasteiger partial charge in [0.2, 0.25) is 0 Å². The number of fused-ring (bicyclic) bond motifs is 2. The zero-order chi connectivity index (χ0) is 14.6. The molecule has 21 heavy (non-hydrogen) atoms. The Kier molecular flexibility index (Phi) is 2.53. The first-order chi connectivity index (χ1) is 10.1. The predicted octanol–water partition coefficient (Wildman–Crippen LogP) is 5.40. The molecule has 0 spiro atoms. The summed E-state index contributed by atoms with van der Waals surface area (Å²) >= 11 is 0. The molecule has 0 radical (unpaired) electrons. The number of rotatable bonds is 1. The van der Waals surface area contributed by atoms with Crippen molar-refractivity contribution in [2.75, 3.05) is 0 Å². The third-order valence-electron chi connectivity index (χ3n) is 5.19. The van der Waals surface area contributed by atoms with Crippen LogP contribution in [0.5, 0.6) is 0 Å². The molecule has 2 aliphatic carbocycles. The monoisotopic (exact) mass is 272 g/mol. The van der Waals surface area contributed by atoms with E-state index in [1.54, 1.807) is 0 Å². The van der Waals surface area contributed by atoms with Gasteiger partial charge < -0.3 is 0 Å². The normalized spacial score (nSPS) is 25.2. The topological polar surface area (TPSA) is 0 Å². The Labute approximate surface area is 126 Å². The van der Waals surface area contributed by atoms with Gasteiger partial charge in [0.05, 0.1) is 0 Å². The minimum Gasteiger partial charge on any atom is -0.0752 e. The van der Waals surface area contributed by atoms with E-state index in [1.165, 1.54) is 33.4 Å². The van der Waals surface area contributed by atoms with Gasteiger partial charge in [-0.3, -0.25) is 0 Å². The number of hydrogen-bond donors (Lipinski definition) is 0. The van der Waals surface area contributed by atoms with E-state index in [4.69, 9.17) is 0 Å². The van der Waals surface area contributed by atoms with E-state index >= 15 is 0 Å². The van der Waals surface area contributed by atoms with Crippen molar-refractivity contribution in [1.82, 2.24) is 0 Å². The average Bonchev–Trinajstić information content (AvgIpc) is 3.03. The van der Waals surface area contributed by atoms with Crippen molar-refractivity contribution in [3.63, 3.8) is 0 Å². The van der Waals surface area contributed by atoms with Crippen molar-refractivity contribution in [3.05, 3.63) is 81.9 Å². The molecular weight excluding hydrogens is 252 g/mol. The van der Waals surface area contributed by atoms with E-state index in [0.717, 1.165) is 0 Å². The van der Waals surface area contributed by atoms with Crippen LogP contribution in [0.3, 0.4) is 0 Å². The Morgan fingerprint density at radius 3 is 2.71 bits per heavy atom. The second kappa shape index (κ2) is 4.21. The minimum atomic E-state index is 0.0664. The highest BCUT2D eigenvalue weighted by molar-refractivity contribution is 5.72. The van der Waals surface area contributed by atoms with Crippen molar-refractivity contribution >= 4 is 12.2 Å². The largest absolute Gasteiger partial charge is 0.0752 e. The molecule has 4 rings (SSSR count). The molecule has 0 aromatic heterocycles. The van der Waals surface area contributed by atoms with E-state index in [0.29, 0.717) is 5.92 Å². The fourth-order valence-corrected chi connectivity index (χ4v) is 3.93. The van der Waals surface area contributed by atoms with Gasteiger partial charge in [-0.2, -0.15) is 0 Å². The number of allylic oxidation sites excluding steroid dienone is 2. The van der Waals surface area contributed by atoms with Crippen LogP contribution in [0.15, 0.2) is 48.6 Å². The summed E-state index contributed by atoms with van der Waals surface area (Å²) in [6, 6.07) is 13.5. The van der Waals surface area contributed by atoms with Gasteiger partial charge in [-0.1, -0.05) is 73.2 Å². The van der Waals surface area contributed by atoms with E-state index in [9.17, 15) is 0 Å². The molecule has 0 aliphatic heterocycles. The molecule has 0 nitrogen and oxygen atoms in total. The van der Waals surface area contributed by atoms with Gasteiger partial charge >= 0.3 is 0 Å². The van der Waals surface area contributed by atoms with E-state index in [1.807, 2.05) is 0 Å². The second-order valence-electron chi connectivity index (χ2n) is 6.62. The van der Waals surface area contributed by atoms with Crippen LogP contribution in [0.1, 0.15) is 46.2 Å². The van der Waals surface area contributed by atoms with Crippen LogP contribution >= 0.6 is 0 Å². The number of aryl methyl sites for hydroxylation is 2. The molecule has 0 saturated carbocycles. The number of hydrogen-bond acceptors (Lipinski definition) is 0. The molecule has 104 valence electrons. The maximum absolute atomic E-state index is 2.39. The summed E-state index contributed by atoms with van der Waals surface area (Å²) in [7, 11) is 0. The molecule has 0 bridgehead atoms. The van der Waals surface area contributed by atoms with Gasteiger partial charge in [-0.15, -0.1) is 0 Å². The molecule has 2 atom stereocenters. The lowest BCUT2D eigenvalue weighted by Crippen LogP contribution is -2.25. The third-order valence-corrected chi connectivity index (χ3v) is 5.19. The molecule has 0 N–H and O–H groups in total. The predicted molar refractivity (Wildman–Crippen MR) is 90.5 cm³/mol. The van der Waals surface area contributed by atoms with Gasteiger partial charge in [0.25, 0.3) is 0 Å². The molecular formula is C21H20. The minimum absolute atomic E-state index is 0.0664. The SMILES string of the molecule is Cc1ccc2c(c1)C(C)(C1C=Cc3c(C)cccc31)C=C2. The van der Waals surface area contributed by atoms with E-state index in [2.05, 4.69) is 81.5 Å². The summed E-state index contributed by atoms with van der Waals surface area (Å²) < 4.78 is 0. The molecule has 0 heteroatoms. The van der Waals surface area contributed by atoms with Crippen LogP contribution in [0.4, 0.5) is 0 Å². The van der Waals surface area contributed by atoms with Gasteiger partial charge in [0, 0.05) is 11.3 Å². The van der Waals surface area contributed by atoms with Crippen LogP contribution in [0, 0.1) is 13.8 Å². The lowest BCUT2D eigenvalue weighted by Gasteiger charge is -2.32. The lowest BCUT2D eigenvalue weighted by molar-refractivity contribution is 0.544. The summed E-state index contributed by atoms with van der Waals surface area (Å²) in [6.07, 6.45) is 9.38. The van der Waals surface area contributed by atoms with Gasteiger partial charge in [0.1, 0.15) is 0 Å². The van der Waals surface area contributed by atoms with Crippen molar-refractivity contribution in [2.24, 2.45) is 0 Å². The highest BCUT2D eigenvalue weighted by Crippen LogP contribution is 2.50. The van der Waals surface area contributed by atoms with Crippen molar-refractivity contribution in [1.29, 1.82) is 0 Å². The fourth-order valence-electron chi connectivity index (χ4n) is 3.93. The summed E-state index contributed by atoms with van der Waals surface area (Å²) in [5, 5.41) is 0. The molecule has 2 aromatic rings. The zero-order valence-electron chi connectivity index (χ0n) is 12.9. The molecule has 0 amide bonds. The highest BCUT2D eigenvalue weighted by atomic mass is 14.4. The number of benzene rings is 2. The van der Waals surface area contributed by atoms with E-state index < -0.39 is 0 Å². The fraction of sp³-hybridized carbons (Fsp3) is 0.238.